The second-order valence-corrected chi connectivity index (χ2v) is 8.15. The lowest BCUT2D eigenvalue weighted by atomic mass is 10.2. The molecule has 1 heterocycles. The van der Waals surface area contributed by atoms with Crippen molar-refractivity contribution in [2.24, 2.45) is 7.05 Å². The lowest BCUT2D eigenvalue weighted by Gasteiger charge is -2.14. The van der Waals surface area contributed by atoms with E-state index in [0.717, 1.165) is 11.3 Å². The molecule has 2 aromatic carbocycles. The number of ether oxygens (including phenoxy) is 1. The number of benzene rings is 2. The van der Waals surface area contributed by atoms with Gasteiger partial charge in [0.25, 0.3) is 0 Å². The van der Waals surface area contributed by atoms with Crippen LogP contribution in [0.2, 0.25) is 5.02 Å². The molecule has 1 N–H and O–H groups in total. The number of anilines is 1. The first-order valence-electron chi connectivity index (χ1n) is 9.15. The van der Waals surface area contributed by atoms with Crippen LogP contribution in [-0.4, -0.2) is 26.4 Å². The zero-order valence-corrected chi connectivity index (χ0v) is 18.3. The predicted octanol–water partition coefficient (Wildman–Crippen LogP) is 4.96. The monoisotopic (exact) mass is 430 g/mol. The number of carbonyl (C=O) groups excluding carboxylic acids is 1. The number of thioether (sulfide) groups is 1. The summed E-state index contributed by atoms with van der Waals surface area (Å²) in [5.74, 6) is 1.55. The topological polar surface area (TPSA) is 69.0 Å². The first-order valence-corrected chi connectivity index (χ1v) is 10.5. The summed E-state index contributed by atoms with van der Waals surface area (Å²) < 4.78 is 7.80. The number of hydrogen-bond donors (Lipinski definition) is 1. The van der Waals surface area contributed by atoms with Crippen molar-refractivity contribution in [2.75, 3.05) is 11.1 Å². The number of carbonyl (C=O) groups is 1. The van der Waals surface area contributed by atoms with Gasteiger partial charge in [-0.05, 0) is 50.6 Å². The van der Waals surface area contributed by atoms with Gasteiger partial charge in [0.2, 0.25) is 5.91 Å². The van der Waals surface area contributed by atoms with Crippen molar-refractivity contribution < 1.29 is 9.53 Å². The van der Waals surface area contributed by atoms with Gasteiger partial charge in [-0.15, -0.1) is 10.2 Å². The van der Waals surface area contributed by atoms with E-state index in [-0.39, 0.29) is 17.8 Å². The Kier molecular flexibility index (Phi) is 6.82. The SMILES string of the molecule is Cc1ccc(OC(C)c2nnc(SCC(=O)Nc3cc(Cl)ccc3C)n2C)cc1. The molecule has 0 spiro atoms. The maximum Gasteiger partial charge on any atom is 0.234 e. The molecular formula is C21H23ClN4O2S. The molecule has 0 aliphatic carbocycles. The molecule has 6 nitrogen and oxygen atoms in total. The number of aryl methyl sites for hydroxylation is 2. The van der Waals surface area contributed by atoms with Crippen LogP contribution >= 0.6 is 23.4 Å². The molecule has 3 aromatic rings. The first kappa shape index (κ1) is 21.2. The highest BCUT2D eigenvalue weighted by molar-refractivity contribution is 7.99. The molecule has 0 bridgehead atoms. The highest BCUT2D eigenvalue weighted by Gasteiger charge is 2.18. The summed E-state index contributed by atoms with van der Waals surface area (Å²) in [4.78, 5) is 12.3. The normalized spacial score (nSPS) is 11.9. The summed E-state index contributed by atoms with van der Waals surface area (Å²) in [5.41, 5.74) is 2.84. The van der Waals surface area contributed by atoms with Crippen molar-refractivity contribution >= 4 is 35.0 Å². The van der Waals surface area contributed by atoms with Crippen LogP contribution in [0.3, 0.4) is 0 Å². The summed E-state index contributed by atoms with van der Waals surface area (Å²) >= 11 is 7.32. The average molecular weight is 431 g/mol. The van der Waals surface area contributed by atoms with Crippen LogP contribution in [-0.2, 0) is 11.8 Å². The fraction of sp³-hybridized carbons (Fsp3) is 0.286. The molecule has 0 saturated heterocycles. The van der Waals surface area contributed by atoms with Gasteiger partial charge < -0.3 is 14.6 Å². The fourth-order valence-corrected chi connectivity index (χ4v) is 3.62. The minimum absolute atomic E-state index is 0.131. The maximum absolute atomic E-state index is 12.3. The quantitative estimate of drug-likeness (QED) is 0.536. The zero-order valence-electron chi connectivity index (χ0n) is 16.8. The molecule has 0 fully saturated rings. The lowest BCUT2D eigenvalue weighted by molar-refractivity contribution is -0.113. The van der Waals surface area contributed by atoms with Crippen molar-refractivity contribution in [1.29, 1.82) is 0 Å². The zero-order chi connectivity index (χ0) is 21.0. The minimum Gasteiger partial charge on any atom is -0.483 e. The Balaban J connectivity index is 1.59. The van der Waals surface area contributed by atoms with Crippen LogP contribution < -0.4 is 10.1 Å². The number of amides is 1. The van der Waals surface area contributed by atoms with E-state index in [1.807, 2.05) is 62.7 Å². The highest BCUT2D eigenvalue weighted by Crippen LogP contribution is 2.25. The van der Waals surface area contributed by atoms with E-state index >= 15 is 0 Å². The molecule has 3 rings (SSSR count). The average Bonchev–Trinajstić information content (AvgIpc) is 3.05. The van der Waals surface area contributed by atoms with Gasteiger partial charge >= 0.3 is 0 Å². The summed E-state index contributed by atoms with van der Waals surface area (Å²) in [7, 11) is 1.87. The number of aromatic nitrogens is 3. The van der Waals surface area contributed by atoms with Crippen LogP contribution in [0, 0.1) is 13.8 Å². The summed E-state index contributed by atoms with van der Waals surface area (Å²) in [6.07, 6.45) is -0.271. The summed E-state index contributed by atoms with van der Waals surface area (Å²) in [6.45, 7) is 5.87. The van der Waals surface area contributed by atoms with E-state index in [1.165, 1.54) is 17.3 Å². The van der Waals surface area contributed by atoms with Crippen LogP contribution in [0.1, 0.15) is 30.0 Å². The number of nitrogens with zero attached hydrogens (tertiary/aromatic N) is 3. The molecule has 1 aromatic heterocycles. The summed E-state index contributed by atoms with van der Waals surface area (Å²) in [6, 6.07) is 13.3. The molecule has 8 heteroatoms. The lowest BCUT2D eigenvalue weighted by Crippen LogP contribution is -2.15. The maximum atomic E-state index is 12.3. The second-order valence-electron chi connectivity index (χ2n) is 6.77. The molecule has 0 radical (unpaired) electrons. The van der Waals surface area contributed by atoms with Crippen LogP contribution in [0.4, 0.5) is 5.69 Å². The van der Waals surface area contributed by atoms with E-state index < -0.39 is 0 Å². The fourth-order valence-electron chi connectivity index (χ4n) is 2.72. The molecule has 0 aliphatic heterocycles. The van der Waals surface area contributed by atoms with Gasteiger partial charge in [0, 0.05) is 17.8 Å². The minimum atomic E-state index is -0.271. The largest absolute Gasteiger partial charge is 0.483 e. The first-order chi connectivity index (χ1) is 13.8. The number of nitrogens with one attached hydrogen (secondary N) is 1. The standard InChI is InChI=1S/C21H23ClN4O2S/c1-13-5-9-17(10-6-13)28-15(3)20-24-25-21(26(20)4)29-12-19(27)23-18-11-16(22)8-7-14(18)2/h5-11,15H,12H2,1-4H3,(H,23,27). The van der Waals surface area contributed by atoms with E-state index in [2.05, 4.69) is 15.5 Å². The van der Waals surface area contributed by atoms with Gasteiger partial charge in [-0.3, -0.25) is 4.79 Å². The van der Waals surface area contributed by atoms with Crippen LogP contribution in [0.15, 0.2) is 47.6 Å². The Hall–Kier alpha value is -2.51. The number of hydrogen-bond acceptors (Lipinski definition) is 5. The van der Waals surface area contributed by atoms with Gasteiger partial charge in [-0.25, -0.2) is 0 Å². The van der Waals surface area contributed by atoms with E-state index in [4.69, 9.17) is 16.3 Å². The Morgan fingerprint density at radius 1 is 1.21 bits per heavy atom. The van der Waals surface area contributed by atoms with E-state index in [1.54, 1.807) is 12.1 Å². The Morgan fingerprint density at radius 3 is 2.66 bits per heavy atom. The van der Waals surface area contributed by atoms with Crippen molar-refractivity contribution in [2.45, 2.75) is 32.0 Å². The van der Waals surface area contributed by atoms with Gasteiger partial charge in [0.1, 0.15) is 5.75 Å². The molecular weight excluding hydrogens is 408 g/mol. The van der Waals surface area contributed by atoms with Crippen LogP contribution in [0.25, 0.3) is 0 Å². The van der Waals surface area contributed by atoms with Crippen molar-refractivity contribution in [3.8, 4) is 5.75 Å². The molecule has 1 atom stereocenters. The smallest absolute Gasteiger partial charge is 0.234 e. The van der Waals surface area contributed by atoms with Crippen LogP contribution in [0.5, 0.6) is 5.75 Å². The Labute approximate surface area is 179 Å². The Bertz CT molecular complexity index is 1000. The third-order valence-corrected chi connectivity index (χ3v) is 5.63. The number of rotatable bonds is 7. The second kappa shape index (κ2) is 9.33. The Morgan fingerprint density at radius 2 is 1.93 bits per heavy atom. The molecule has 0 saturated carbocycles. The molecule has 0 aliphatic rings. The van der Waals surface area contributed by atoms with Crippen molar-refractivity contribution in [3.05, 3.63) is 64.4 Å². The van der Waals surface area contributed by atoms with Crippen molar-refractivity contribution in [3.63, 3.8) is 0 Å². The van der Waals surface area contributed by atoms with Gasteiger partial charge in [0.15, 0.2) is 17.1 Å². The van der Waals surface area contributed by atoms with Crippen molar-refractivity contribution in [1.82, 2.24) is 14.8 Å². The molecule has 152 valence electrons. The van der Waals surface area contributed by atoms with Gasteiger partial charge in [0.05, 0.1) is 5.75 Å². The molecule has 1 unspecified atom stereocenters. The van der Waals surface area contributed by atoms with Gasteiger partial charge in [-0.2, -0.15) is 0 Å². The van der Waals surface area contributed by atoms with E-state index in [0.29, 0.717) is 21.7 Å². The van der Waals surface area contributed by atoms with E-state index in [9.17, 15) is 4.79 Å². The highest BCUT2D eigenvalue weighted by atomic mass is 35.5. The number of halogens is 1. The molecule has 1 amide bonds. The predicted molar refractivity (Wildman–Crippen MR) is 117 cm³/mol. The molecule has 29 heavy (non-hydrogen) atoms. The third kappa shape index (κ3) is 5.52. The third-order valence-electron chi connectivity index (χ3n) is 4.37. The van der Waals surface area contributed by atoms with Gasteiger partial charge in [-0.1, -0.05) is 47.1 Å². The summed E-state index contributed by atoms with van der Waals surface area (Å²) in [5, 5.41) is 12.5.